The molecule has 2 aromatic rings. The van der Waals surface area contributed by atoms with E-state index in [0.717, 1.165) is 35.5 Å². The maximum atomic E-state index is 12.4. The number of nitrogens with zero attached hydrogens (tertiary/aromatic N) is 1. The highest BCUT2D eigenvalue weighted by molar-refractivity contribution is 5.86. The van der Waals surface area contributed by atoms with Crippen LogP contribution in [-0.4, -0.2) is 22.6 Å². The second-order valence-electron chi connectivity index (χ2n) is 5.09. The molecule has 0 saturated carbocycles. The van der Waals surface area contributed by atoms with Crippen molar-refractivity contribution < 1.29 is 4.79 Å². The summed E-state index contributed by atoms with van der Waals surface area (Å²) < 4.78 is 0. The Balaban J connectivity index is 1.71. The molecule has 0 bridgehead atoms. The van der Waals surface area contributed by atoms with Crippen LogP contribution in [-0.2, 0) is 11.3 Å². The highest BCUT2D eigenvalue weighted by atomic mass is 16.1. The number of carbonyl (C=O) groups is 1. The molecule has 1 aliphatic rings. The molecule has 20 heavy (non-hydrogen) atoms. The summed E-state index contributed by atoms with van der Waals surface area (Å²) in [6.07, 6.45) is 2.58. The monoisotopic (exact) mass is 270 g/mol. The number of para-hydroxylation sites is 1. The molecule has 2 heterocycles. The number of rotatable bonds is 3. The first kappa shape index (κ1) is 12.7. The minimum atomic E-state index is -0.0698. The fraction of sp³-hybridized carbons (Fsp3) is 0.333. The van der Waals surface area contributed by atoms with Crippen molar-refractivity contribution in [3.05, 3.63) is 47.3 Å². The summed E-state index contributed by atoms with van der Waals surface area (Å²) in [7, 11) is 0. The lowest BCUT2D eigenvalue weighted by Gasteiger charge is -2.25. The molecule has 1 aliphatic heterocycles. The van der Waals surface area contributed by atoms with E-state index in [1.807, 2.05) is 31.2 Å². The summed E-state index contributed by atoms with van der Waals surface area (Å²) >= 11 is 0. The Morgan fingerprint density at radius 1 is 1.45 bits per heavy atom. The van der Waals surface area contributed by atoms with E-state index in [9.17, 15) is 4.79 Å². The Labute approximate surface area is 117 Å². The lowest BCUT2D eigenvalue weighted by atomic mass is 9.90. The molecule has 1 amide bonds. The maximum absolute atomic E-state index is 12.4. The number of hydrogen-bond acceptors (Lipinski definition) is 3. The summed E-state index contributed by atoms with van der Waals surface area (Å²) in [4.78, 5) is 12.4. The smallest absolute Gasteiger partial charge is 0.227 e. The first-order valence-electron chi connectivity index (χ1n) is 6.85. The normalized spacial score (nSPS) is 17.1. The van der Waals surface area contributed by atoms with E-state index in [-0.39, 0.29) is 11.8 Å². The third-order valence-corrected chi connectivity index (χ3v) is 3.79. The predicted molar refractivity (Wildman–Crippen MR) is 77.5 cm³/mol. The molecule has 1 aromatic heterocycles. The van der Waals surface area contributed by atoms with E-state index in [0.29, 0.717) is 6.54 Å². The maximum Gasteiger partial charge on any atom is 0.227 e. The largest absolute Gasteiger partial charge is 0.385 e. The molecule has 3 N–H and O–H groups in total. The number of aromatic amines is 1. The highest BCUT2D eigenvalue weighted by Crippen LogP contribution is 2.31. The summed E-state index contributed by atoms with van der Waals surface area (Å²) in [6, 6.07) is 8.01. The van der Waals surface area contributed by atoms with Crippen LogP contribution < -0.4 is 10.6 Å². The molecule has 0 saturated heterocycles. The first-order chi connectivity index (χ1) is 9.75. The van der Waals surface area contributed by atoms with Crippen LogP contribution in [0.4, 0.5) is 5.69 Å². The average molecular weight is 270 g/mol. The van der Waals surface area contributed by atoms with E-state index < -0.39 is 0 Å². The van der Waals surface area contributed by atoms with Gasteiger partial charge in [-0.15, -0.1) is 0 Å². The third-order valence-electron chi connectivity index (χ3n) is 3.79. The number of aromatic nitrogens is 2. The second-order valence-corrected chi connectivity index (χ2v) is 5.09. The van der Waals surface area contributed by atoms with Gasteiger partial charge in [0.1, 0.15) is 0 Å². The molecule has 5 nitrogen and oxygen atoms in total. The summed E-state index contributed by atoms with van der Waals surface area (Å²) in [6.45, 7) is 3.31. The van der Waals surface area contributed by atoms with Gasteiger partial charge in [-0.05, 0) is 25.0 Å². The molecule has 0 fully saturated rings. The van der Waals surface area contributed by atoms with Gasteiger partial charge in [0.15, 0.2) is 0 Å². The third kappa shape index (κ3) is 2.39. The topological polar surface area (TPSA) is 69.8 Å². The van der Waals surface area contributed by atoms with Crippen LogP contribution in [0.1, 0.15) is 29.2 Å². The SMILES string of the molecule is Cc1[nH]ncc1CNC(=O)C1CCNc2ccccc21. The molecule has 1 atom stereocenters. The minimum Gasteiger partial charge on any atom is -0.385 e. The number of hydrogen-bond donors (Lipinski definition) is 3. The van der Waals surface area contributed by atoms with Gasteiger partial charge in [0.25, 0.3) is 0 Å². The number of nitrogens with one attached hydrogen (secondary N) is 3. The zero-order valence-corrected chi connectivity index (χ0v) is 11.4. The van der Waals surface area contributed by atoms with Gasteiger partial charge in [0.05, 0.1) is 12.1 Å². The Bertz CT molecular complexity index is 620. The number of benzene rings is 1. The number of H-pyrrole nitrogens is 1. The van der Waals surface area contributed by atoms with Crippen molar-refractivity contribution in [2.24, 2.45) is 0 Å². The van der Waals surface area contributed by atoms with Crippen LogP contribution in [0.5, 0.6) is 0 Å². The molecule has 0 radical (unpaired) electrons. The quantitative estimate of drug-likeness (QED) is 0.798. The number of aryl methyl sites for hydroxylation is 1. The highest BCUT2D eigenvalue weighted by Gasteiger charge is 2.25. The van der Waals surface area contributed by atoms with Crippen LogP contribution in [0.25, 0.3) is 0 Å². The van der Waals surface area contributed by atoms with E-state index in [4.69, 9.17) is 0 Å². The van der Waals surface area contributed by atoms with Crippen LogP contribution in [0, 0.1) is 6.92 Å². The van der Waals surface area contributed by atoms with Crippen molar-refractivity contribution in [3.63, 3.8) is 0 Å². The summed E-state index contributed by atoms with van der Waals surface area (Å²) in [5.74, 6) is 0.0132. The van der Waals surface area contributed by atoms with E-state index in [1.165, 1.54) is 0 Å². The van der Waals surface area contributed by atoms with Gasteiger partial charge in [-0.3, -0.25) is 9.89 Å². The molecule has 104 valence electrons. The van der Waals surface area contributed by atoms with Crippen LogP contribution >= 0.6 is 0 Å². The minimum absolute atomic E-state index is 0.0698. The van der Waals surface area contributed by atoms with Gasteiger partial charge in [0, 0.05) is 30.0 Å². The van der Waals surface area contributed by atoms with Gasteiger partial charge in [-0.1, -0.05) is 18.2 Å². The lowest BCUT2D eigenvalue weighted by molar-refractivity contribution is -0.122. The molecule has 5 heteroatoms. The van der Waals surface area contributed by atoms with Crippen molar-refractivity contribution >= 4 is 11.6 Å². The molecule has 0 spiro atoms. The van der Waals surface area contributed by atoms with Gasteiger partial charge >= 0.3 is 0 Å². The Kier molecular flexibility index (Phi) is 3.41. The molecule has 1 unspecified atom stereocenters. The van der Waals surface area contributed by atoms with Gasteiger partial charge in [0.2, 0.25) is 5.91 Å². The number of amides is 1. The zero-order chi connectivity index (χ0) is 13.9. The van der Waals surface area contributed by atoms with Crippen LogP contribution in [0.15, 0.2) is 30.5 Å². The molecular formula is C15H18N4O. The zero-order valence-electron chi connectivity index (χ0n) is 11.4. The van der Waals surface area contributed by atoms with Crippen molar-refractivity contribution in [3.8, 4) is 0 Å². The molecule has 3 rings (SSSR count). The van der Waals surface area contributed by atoms with Gasteiger partial charge in [-0.2, -0.15) is 5.10 Å². The number of anilines is 1. The van der Waals surface area contributed by atoms with Gasteiger partial charge < -0.3 is 10.6 Å². The Morgan fingerprint density at radius 3 is 3.10 bits per heavy atom. The van der Waals surface area contributed by atoms with Crippen molar-refractivity contribution in [2.45, 2.75) is 25.8 Å². The van der Waals surface area contributed by atoms with E-state index in [1.54, 1.807) is 6.20 Å². The number of fused-ring (bicyclic) bond motifs is 1. The number of carbonyl (C=O) groups excluding carboxylic acids is 1. The van der Waals surface area contributed by atoms with E-state index >= 15 is 0 Å². The van der Waals surface area contributed by atoms with Crippen molar-refractivity contribution in [2.75, 3.05) is 11.9 Å². The Hall–Kier alpha value is -2.30. The summed E-state index contributed by atoms with van der Waals surface area (Å²) in [5, 5.41) is 13.2. The lowest BCUT2D eigenvalue weighted by Crippen LogP contribution is -2.32. The molecule has 0 aliphatic carbocycles. The van der Waals surface area contributed by atoms with Crippen LogP contribution in [0.3, 0.4) is 0 Å². The average Bonchev–Trinajstić information content (AvgIpc) is 2.89. The first-order valence-corrected chi connectivity index (χ1v) is 6.85. The van der Waals surface area contributed by atoms with Gasteiger partial charge in [-0.25, -0.2) is 0 Å². The summed E-state index contributed by atoms with van der Waals surface area (Å²) in [5.41, 5.74) is 4.18. The Morgan fingerprint density at radius 2 is 2.30 bits per heavy atom. The molecule has 1 aromatic carbocycles. The standard InChI is InChI=1S/C15H18N4O/c1-10-11(9-18-19-10)8-17-15(20)13-6-7-16-14-5-3-2-4-12(13)14/h2-5,9,13,16H,6-8H2,1H3,(H,17,20)(H,18,19). The fourth-order valence-corrected chi connectivity index (χ4v) is 2.60. The predicted octanol–water partition coefficient (Wildman–Crippen LogP) is 1.93. The van der Waals surface area contributed by atoms with Crippen molar-refractivity contribution in [1.82, 2.24) is 15.5 Å². The fourth-order valence-electron chi connectivity index (χ4n) is 2.60. The van der Waals surface area contributed by atoms with E-state index in [2.05, 4.69) is 20.8 Å². The van der Waals surface area contributed by atoms with Crippen molar-refractivity contribution in [1.29, 1.82) is 0 Å². The molecular weight excluding hydrogens is 252 g/mol. The van der Waals surface area contributed by atoms with Crippen LogP contribution in [0.2, 0.25) is 0 Å². The second kappa shape index (κ2) is 5.36.